The van der Waals surface area contributed by atoms with E-state index in [0.717, 1.165) is 17.4 Å². The molecule has 0 spiro atoms. The summed E-state index contributed by atoms with van der Waals surface area (Å²) in [6.45, 7) is 1.82. The van der Waals surface area contributed by atoms with Gasteiger partial charge in [0, 0.05) is 23.8 Å². The summed E-state index contributed by atoms with van der Waals surface area (Å²) in [5.74, 6) is -0.674. The van der Waals surface area contributed by atoms with Crippen molar-refractivity contribution in [3.8, 4) is 10.6 Å². The molecule has 0 saturated heterocycles. The summed E-state index contributed by atoms with van der Waals surface area (Å²) in [6.07, 6.45) is 0. The zero-order chi connectivity index (χ0) is 17.3. The Hall–Kier alpha value is -3.14. The average Bonchev–Trinajstić information content (AvgIpc) is 2.98. The van der Waals surface area contributed by atoms with E-state index in [1.165, 1.54) is 16.6 Å². The van der Waals surface area contributed by atoms with Gasteiger partial charge in [0.25, 0.3) is 11.2 Å². The van der Waals surface area contributed by atoms with Crippen molar-refractivity contribution in [1.29, 1.82) is 0 Å². The number of nitrogens with zero attached hydrogens (tertiary/aromatic N) is 4. The number of carbonyl (C=O) groups excluding carboxylic acids is 1. The standard InChI is InChI=1S/C14H10N4O5S/c1-2-23-13(20)10-7-11(19)15-14-17(10)16-12(24-14)8-3-5-9(6-4-8)18(21)22/h3-7H,2H2,1H3. The lowest BCUT2D eigenvalue weighted by molar-refractivity contribution is -0.384. The van der Waals surface area contributed by atoms with Gasteiger partial charge in [0.05, 0.1) is 11.5 Å². The summed E-state index contributed by atoms with van der Waals surface area (Å²) in [7, 11) is 0. The zero-order valence-electron chi connectivity index (χ0n) is 12.3. The van der Waals surface area contributed by atoms with Gasteiger partial charge in [-0.25, -0.2) is 4.79 Å². The Kier molecular flexibility index (Phi) is 4.04. The van der Waals surface area contributed by atoms with Crippen molar-refractivity contribution in [2.45, 2.75) is 6.92 Å². The van der Waals surface area contributed by atoms with Crippen LogP contribution in [-0.4, -0.2) is 32.1 Å². The highest BCUT2D eigenvalue weighted by Crippen LogP contribution is 2.26. The Morgan fingerprint density at radius 3 is 2.71 bits per heavy atom. The zero-order valence-corrected chi connectivity index (χ0v) is 13.1. The molecule has 0 aliphatic carbocycles. The molecule has 0 aliphatic rings. The van der Waals surface area contributed by atoms with Crippen molar-refractivity contribution in [2.75, 3.05) is 6.61 Å². The fourth-order valence-corrected chi connectivity index (χ4v) is 2.92. The minimum Gasteiger partial charge on any atom is -0.461 e. The summed E-state index contributed by atoms with van der Waals surface area (Å²) < 4.78 is 6.15. The van der Waals surface area contributed by atoms with Crippen LogP contribution in [-0.2, 0) is 4.74 Å². The minimum atomic E-state index is -0.674. The Morgan fingerprint density at radius 1 is 1.38 bits per heavy atom. The van der Waals surface area contributed by atoms with Crippen molar-refractivity contribution in [3.05, 3.63) is 56.5 Å². The maximum atomic E-state index is 12.0. The van der Waals surface area contributed by atoms with Gasteiger partial charge in [0.15, 0.2) is 5.69 Å². The highest BCUT2D eigenvalue weighted by atomic mass is 32.1. The number of non-ortho nitro benzene ring substituents is 1. The van der Waals surface area contributed by atoms with E-state index < -0.39 is 16.5 Å². The second-order valence-corrected chi connectivity index (χ2v) is 5.56. The van der Waals surface area contributed by atoms with Gasteiger partial charge in [-0.05, 0) is 19.1 Å². The number of nitro benzene ring substituents is 1. The van der Waals surface area contributed by atoms with Crippen molar-refractivity contribution in [2.24, 2.45) is 0 Å². The number of fused-ring (bicyclic) bond motifs is 1. The molecule has 9 nitrogen and oxygen atoms in total. The summed E-state index contributed by atoms with van der Waals surface area (Å²) in [5.41, 5.74) is -0.0220. The van der Waals surface area contributed by atoms with Gasteiger partial charge in [-0.2, -0.15) is 14.6 Å². The second-order valence-electron chi connectivity index (χ2n) is 4.61. The first-order chi connectivity index (χ1) is 11.5. The predicted octanol–water partition coefficient (Wildman–Crippen LogP) is 1.90. The van der Waals surface area contributed by atoms with Crippen molar-refractivity contribution in [3.63, 3.8) is 0 Å². The first-order valence-electron chi connectivity index (χ1n) is 6.82. The largest absolute Gasteiger partial charge is 0.461 e. The van der Waals surface area contributed by atoms with Gasteiger partial charge in [0.1, 0.15) is 5.01 Å². The summed E-state index contributed by atoms with van der Waals surface area (Å²) >= 11 is 1.09. The number of benzene rings is 1. The van der Waals surface area contributed by atoms with Crippen molar-refractivity contribution < 1.29 is 14.5 Å². The molecule has 0 unspecified atom stereocenters. The van der Waals surface area contributed by atoms with E-state index in [1.807, 2.05) is 0 Å². The van der Waals surface area contributed by atoms with E-state index in [1.54, 1.807) is 19.1 Å². The van der Waals surface area contributed by atoms with Gasteiger partial charge in [-0.15, -0.1) is 0 Å². The van der Waals surface area contributed by atoms with E-state index in [9.17, 15) is 19.7 Å². The number of esters is 1. The number of aromatic nitrogens is 3. The maximum Gasteiger partial charge on any atom is 0.357 e. The first kappa shape index (κ1) is 15.7. The molecule has 2 heterocycles. The average molecular weight is 346 g/mol. The third kappa shape index (κ3) is 2.86. The molecule has 0 amide bonds. The SMILES string of the molecule is CCOC(=O)c1cc(=O)nc2sc(-c3ccc([N+](=O)[O-])cc3)nn12. The number of ether oxygens (including phenoxy) is 1. The van der Waals surface area contributed by atoms with Crippen LogP contribution in [0.2, 0.25) is 0 Å². The number of rotatable bonds is 4. The summed E-state index contributed by atoms with van der Waals surface area (Å²) in [6, 6.07) is 6.84. The molecule has 0 atom stereocenters. The Balaban J connectivity index is 2.11. The molecule has 3 rings (SSSR count). The van der Waals surface area contributed by atoms with Crippen LogP contribution in [0.5, 0.6) is 0 Å². The molecular weight excluding hydrogens is 336 g/mol. The molecule has 10 heteroatoms. The predicted molar refractivity (Wildman–Crippen MR) is 85.2 cm³/mol. The van der Waals surface area contributed by atoms with E-state index in [0.29, 0.717) is 10.6 Å². The van der Waals surface area contributed by atoms with E-state index in [-0.39, 0.29) is 22.9 Å². The molecule has 0 bridgehead atoms. The molecule has 2 aromatic heterocycles. The Labute approximate surface area is 138 Å². The van der Waals surface area contributed by atoms with E-state index >= 15 is 0 Å². The van der Waals surface area contributed by atoms with Crippen molar-refractivity contribution >= 4 is 28.0 Å². The molecule has 1 aromatic carbocycles. The fraction of sp³-hybridized carbons (Fsp3) is 0.143. The molecule has 24 heavy (non-hydrogen) atoms. The van der Waals surface area contributed by atoms with Crippen LogP contribution in [0.1, 0.15) is 17.4 Å². The molecule has 122 valence electrons. The number of hydrogen-bond acceptors (Lipinski definition) is 8. The van der Waals surface area contributed by atoms with Gasteiger partial charge in [0.2, 0.25) is 4.96 Å². The lowest BCUT2D eigenvalue weighted by atomic mass is 10.2. The van der Waals surface area contributed by atoms with E-state index in [2.05, 4.69) is 10.1 Å². The van der Waals surface area contributed by atoms with Crippen LogP contribution in [0.25, 0.3) is 15.5 Å². The van der Waals surface area contributed by atoms with Crippen LogP contribution < -0.4 is 5.56 Å². The topological polar surface area (TPSA) is 117 Å². The third-order valence-electron chi connectivity index (χ3n) is 3.06. The van der Waals surface area contributed by atoms with Crippen LogP contribution in [0.4, 0.5) is 5.69 Å². The van der Waals surface area contributed by atoms with Gasteiger partial charge in [-0.3, -0.25) is 14.9 Å². The molecule has 0 N–H and O–H groups in total. The van der Waals surface area contributed by atoms with Gasteiger partial charge >= 0.3 is 5.97 Å². The van der Waals surface area contributed by atoms with Gasteiger partial charge < -0.3 is 4.74 Å². The fourth-order valence-electron chi connectivity index (χ4n) is 2.01. The van der Waals surface area contributed by atoms with Crippen LogP contribution in [0.15, 0.2) is 35.1 Å². The molecule has 0 saturated carbocycles. The normalized spacial score (nSPS) is 10.7. The highest BCUT2D eigenvalue weighted by Gasteiger charge is 2.17. The van der Waals surface area contributed by atoms with Crippen LogP contribution in [0.3, 0.4) is 0 Å². The molecular formula is C14H10N4O5S. The number of carbonyl (C=O) groups is 1. The van der Waals surface area contributed by atoms with Crippen LogP contribution in [0, 0.1) is 10.1 Å². The number of hydrogen-bond donors (Lipinski definition) is 0. The summed E-state index contributed by atoms with van der Waals surface area (Å²) in [4.78, 5) is 37.9. The highest BCUT2D eigenvalue weighted by molar-refractivity contribution is 7.19. The molecule has 0 aliphatic heterocycles. The monoisotopic (exact) mass is 346 g/mol. The van der Waals surface area contributed by atoms with Gasteiger partial charge in [-0.1, -0.05) is 11.3 Å². The smallest absolute Gasteiger partial charge is 0.357 e. The minimum absolute atomic E-state index is 0.0174. The van der Waals surface area contributed by atoms with Crippen molar-refractivity contribution in [1.82, 2.24) is 14.6 Å². The summed E-state index contributed by atoms with van der Waals surface area (Å²) in [5, 5.41) is 15.4. The Bertz CT molecular complexity index is 993. The number of nitro groups is 1. The maximum absolute atomic E-state index is 12.0. The molecule has 3 aromatic rings. The molecule has 0 fully saturated rings. The van der Waals surface area contributed by atoms with E-state index in [4.69, 9.17) is 4.74 Å². The quantitative estimate of drug-likeness (QED) is 0.402. The third-order valence-corrected chi connectivity index (χ3v) is 4.02. The second kappa shape index (κ2) is 6.16. The molecule has 0 radical (unpaired) electrons. The first-order valence-corrected chi connectivity index (χ1v) is 7.64. The lowest BCUT2D eigenvalue weighted by Gasteiger charge is -2.02. The Morgan fingerprint density at radius 2 is 2.08 bits per heavy atom. The lowest BCUT2D eigenvalue weighted by Crippen LogP contribution is -2.17. The van der Waals surface area contributed by atoms with Crippen LogP contribution >= 0.6 is 11.3 Å².